The lowest BCUT2D eigenvalue weighted by Gasteiger charge is -2.45. The number of pyridine rings is 1. The predicted molar refractivity (Wildman–Crippen MR) is 194 cm³/mol. The highest BCUT2D eigenvalue weighted by atomic mass is 16.5. The Morgan fingerprint density at radius 3 is 2.08 bits per heavy atom. The summed E-state index contributed by atoms with van der Waals surface area (Å²) < 4.78 is 16.8. The molecule has 0 radical (unpaired) electrons. The van der Waals surface area contributed by atoms with Crippen LogP contribution in [0.25, 0.3) is 0 Å². The van der Waals surface area contributed by atoms with Gasteiger partial charge in [-0.2, -0.15) is 0 Å². The van der Waals surface area contributed by atoms with E-state index < -0.39 is 11.5 Å². The Morgan fingerprint density at radius 2 is 1.47 bits per heavy atom. The van der Waals surface area contributed by atoms with E-state index in [1.807, 2.05) is 34.2 Å². The first-order valence-corrected chi connectivity index (χ1v) is 18.0. The number of likely N-dealkylation sites (tertiary alicyclic amines) is 2. The van der Waals surface area contributed by atoms with Gasteiger partial charge in [-0.05, 0) is 73.7 Å². The molecule has 3 aromatic rings. The van der Waals surface area contributed by atoms with E-state index in [2.05, 4.69) is 56.5 Å². The first-order valence-electron chi connectivity index (χ1n) is 18.0. The molecule has 3 aliphatic heterocycles. The second kappa shape index (κ2) is 16.3. The number of rotatable bonds is 13. The summed E-state index contributed by atoms with van der Waals surface area (Å²) in [5.41, 5.74) is 3.05. The number of piperidine rings is 1. The van der Waals surface area contributed by atoms with E-state index in [1.54, 1.807) is 27.5 Å². The molecule has 1 aromatic heterocycles. The number of carbonyl (C=O) groups is 2. The molecular formula is C39H52N6O6. The van der Waals surface area contributed by atoms with E-state index in [4.69, 9.17) is 19.3 Å². The smallest absolute Gasteiger partial charge is 0.318 e. The van der Waals surface area contributed by atoms with E-state index in [0.29, 0.717) is 43.4 Å². The first-order chi connectivity index (χ1) is 24.8. The zero-order valence-electron chi connectivity index (χ0n) is 30.2. The molecule has 12 nitrogen and oxygen atoms in total. The summed E-state index contributed by atoms with van der Waals surface area (Å²) in [5.74, 6) is 1.10. The molecule has 6 rings (SSSR count). The largest absolute Gasteiger partial charge is 0.493 e. The molecule has 3 aliphatic rings. The highest BCUT2D eigenvalue weighted by molar-refractivity contribution is 5.75. The topological polar surface area (TPSA) is 120 Å². The molecule has 51 heavy (non-hydrogen) atoms. The number of aromatic nitrogens is 1. The molecule has 274 valence electrons. The molecule has 0 spiro atoms. The van der Waals surface area contributed by atoms with Gasteiger partial charge in [-0.15, -0.1) is 0 Å². The molecule has 2 aromatic carbocycles. The van der Waals surface area contributed by atoms with Crippen LogP contribution in [0.3, 0.4) is 0 Å². The van der Waals surface area contributed by atoms with Gasteiger partial charge >= 0.3 is 12.0 Å². The minimum Gasteiger partial charge on any atom is -0.493 e. The van der Waals surface area contributed by atoms with Crippen molar-refractivity contribution >= 4 is 12.0 Å². The van der Waals surface area contributed by atoms with Gasteiger partial charge < -0.3 is 34.4 Å². The number of carbonyl (C=O) groups excluding carboxylic acids is 1. The fraction of sp³-hybridized carbons (Fsp3) is 0.513. The number of amides is 2. The number of nitrogens with one attached hydrogen (secondary N) is 1. The van der Waals surface area contributed by atoms with Crippen molar-refractivity contribution < 1.29 is 28.9 Å². The van der Waals surface area contributed by atoms with Gasteiger partial charge in [0, 0.05) is 70.2 Å². The van der Waals surface area contributed by atoms with Gasteiger partial charge in [0.25, 0.3) is 0 Å². The fourth-order valence-electron chi connectivity index (χ4n) is 8.20. The van der Waals surface area contributed by atoms with Crippen LogP contribution >= 0.6 is 0 Å². The third kappa shape index (κ3) is 8.40. The molecule has 0 saturated carbocycles. The molecule has 2 N–H and O–H groups in total. The molecular weight excluding hydrogens is 648 g/mol. The van der Waals surface area contributed by atoms with Gasteiger partial charge in [-0.3, -0.25) is 19.6 Å². The lowest BCUT2D eigenvalue weighted by atomic mass is 9.76. The van der Waals surface area contributed by atoms with Crippen LogP contribution in [-0.4, -0.2) is 128 Å². The van der Waals surface area contributed by atoms with Crippen molar-refractivity contribution in [1.82, 2.24) is 29.9 Å². The maximum Gasteiger partial charge on any atom is 0.318 e. The van der Waals surface area contributed by atoms with Gasteiger partial charge in [0.2, 0.25) is 5.75 Å². The van der Waals surface area contributed by atoms with Crippen molar-refractivity contribution in [2.45, 2.75) is 43.2 Å². The Balaban J connectivity index is 1.11. The van der Waals surface area contributed by atoms with Crippen molar-refractivity contribution in [3.8, 4) is 17.2 Å². The van der Waals surface area contributed by atoms with Crippen molar-refractivity contribution in [2.24, 2.45) is 0 Å². The minimum absolute atomic E-state index is 0.00162. The lowest BCUT2D eigenvalue weighted by Crippen LogP contribution is -2.59. The molecule has 12 heteroatoms. The van der Waals surface area contributed by atoms with Gasteiger partial charge in [-0.25, -0.2) is 4.79 Å². The number of methoxy groups -OCH3 is 3. The van der Waals surface area contributed by atoms with Crippen LogP contribution in [-0.2, 0) is 22.3 Å². The van der Waals surface area contributed by atoms with E-state index >= 15 is 0 Å². The highest BCUT2D eigenvalue weighted by Crippen LogP contribution is 2.42. The average molecular weight is 701 g/mol. The van der Waals surface area contributed by atoms with Crippen LogP contribution in [0.1, 0.15) is 42.4 Å². The summed E-state index contributed by atoms with van der Waals surface area (Å²) in [4.78, 5) is 38.0. The number of hydrogen-bond donors (Lipinski definition) is 2. The van der Waals surface area contributed by atoms with E-state index in [1.165, 1.54) is 5.56 Å². The Hall–Kier alpha value is -4.39. The Bertz CT molecular complexity index is 1590. The molecule has 3 fully saturated rings. The summed E-state index contributed by atoms with van der Waals surface area (Å²) >= 11 is 0. The maximum atomic E-state index is 13.6. The summed E-state index contributed by atoms with van der Waals surface area (Å²) in [6.45, 7) is 7.55. The van der Waals surface area contributed by atoms with Gasteiger partial charge in [0.05, 0.1) is 33.4 Å². The number of ether oxygens (including phenoxy) is 3. The Morgan fingerprint density at radius 1 is 0.804 bits per heavy atom. The number of piperazine rings is 1. The average Bonchev–Trinajstić information content (AvgIpc) is 3.58. The van der Waals surface area contributed by atoms with Crippen molar-refractivity contribution in [3.05, 3.63) is 83.7 Å². The molecule has 2 amide bonds. The zero-order valence-corrected chi connectivity index (χ0v) is 30.2. The first kappa shape index (κ1) is 36.4. The molecule has 1 unspecified atom stereocenters. The number of carboxylic acid groups (broad SMARTS) is 1. The number of nitrogens with zero attached hydrogens (tertiary/aromatic N) is 5. The van der Waals surface area contributed by atoms with E-state index in [-0.39, 0.29) is 18.0 Å². The SMILES string of the molecule is COc1cc(CN2CCC(CCN3CCC(NC(=O)N4CCN(CC(=O)O)CC4)(c4cccnc4)CC3)(c3ccccc3)C2)cc(OC)c1OC. The normalized spacial score (nSPS) is 21.3. The standard InChI is InChI=1S/C39H52N6O6/c1-49-33-24-30(25-34(50-2)36(33)51-3)27-44-17-12-38(29-44,31-8-5-4-6-9-31)11-16-42-18-13-39(14-19-42,32-10-7-15-40-26-32)41-37(48)45-22-20-43(21-23-45)28-35(46)47/h4-10,15,24-26H,11-14,16-23,27-29H2,1-3H3,(H,41,48)(H,46,47). The van der Waals surface area contributed by atoms with Crippen LogP contribution in [0.5, 0.6) is 17.2 Å². The summed E-state index contributed by atoms with van der Waals surface area (Å²) in [5, 5.41) is 12.6. The van der Waals surface area contributed by atoms with Gasteiger partial charge in [-0.1, -0.05) is 36.4 Å². The summed E-state index contributed by atoms with van der Waals surface area (Å²) in [6, 6.07) is 19.0. The van der Waals surface area contributed by atoms with Crippen molar-refractivity contribution in [2.75, 3.05) is 86.8 Å². The van der Waals surface area contributed by atoms with Gasteiger partial charge in [0.1, 0.15) is 0 Å². The number of benzene rings is 2. The van der Waals surface area contributed by atoms with Crippen LogP contribution in [0.15, 0.2) is 67.0 Å². The van der Waals surface area contributed by atoms with Crippen LogP contribution in [0.2, 0.25) is 0 Å². The second-order valence-corrected chi connectivity index (χ2v) is 14.1. The number of carboxylic acids is 1. The van der Waals surface area contributed by atoms with Crippen LogP contribution < -0.4 is 19.5 Å². The Labute approximate surface area is 301 Å². The molecule has 4 heterocycles. The van der Waals surface area contributed by atoms with Gasteiger partial charge in [0.15, 0.2) is 11.5 Å². The van der Waals surface area contributed by atoms with Crippen molar-refractivity contribution in [1.29, 1.82) is 0 Å². The quantitative estimate of drug-likeness (QED) is 0.271. The summed E-state index contributed by atoms with van der Waals surface area (Å²) in [7, 11) is 4.93. The lowest BCUT2D eigenvalue weighted by molar-refractivity contribution is -0.138. The number of aliphatic carboxylic acids is 1. The molecule has 0 aliphatic carbocycles. The summed E-state index contributed by atoms with van der Waals surface area (Å²) in [6.07, 6.45) is 7.34. The van der Waals surface area contributed by atoms with Crippen LogP contribution in [0, 0.1) is 0 Å². The fourth-order valence-corrected chi connectivity index (χ4v) is 8.20. The van der Waals surface area contributed by atoms with Crippen molar-refractivity contribution in [3.63, 3.8) is 0 Å². The molecule has 1 atom stereocenters. The monoisotopic (exact) mass is 700 g/mol. The predicted octanol–water partition coefficient (Wildman–Crippen LogP) is 4.04. The number of hydrogen-bond acceptors (Lipinski definition) is 9. The second-order valence-electron chi connectivity index (χ2n) is 14.1. The Kier molecular flexibility index (Phi) is 11.6. The molecule has 3 saturated heterocycles. The minimum atomic E-state index is -0.842. The highest BCUT2D eigenvalue weighted by Gasteiger charge is 2.42. The third-order valence-electron chi connectivity index (χ3n) is 11.1. The maximum absolute atomic E-state index is 13.6. The van der Waals surface area contributed by atoms with Crippen LogP contribution in [0.4, 0.5) is 4.79 Å². The number of urea groups is 1. The zero-order chi connectivity index (χ0) is 35.8. The van der Waals surface area contributed by atoms with E-state index in [0.717, 1.165) is 76.1 Å². The van der Waals surface area contributed by atoms with E-state index in [9.17, 15) is 9.59 Å². The third-order valence-corrected chi connectivity index (χ3v) is 11.1. The molecule has 0 bridgehead atoms.